The zero-order valence-electron chi connectivity index (χ0n) is 43.1. The van der Waals surface area contributed by atoms with Crippen LogP contribution >= 0.6 is 47.0 Å². The van der Waals surface area contributed by atoms with Crippen molar-refractivity contribution in [1.29, 1.82) is 0 Å². The van der Waals surface area contributed by atoms with Crippen molar-refractivity contribution in [2.24, 2.45) is 0 Å². The van der Waals surface area contributed by atoms with Crippen LogP contribution in [0.15, 0.2) is 24.3 Å². The summed E-state index contributed by atoms with van der Waals surface area (Å²) in [7, 11) is 0. The van der Waals surface area contributed by atoms with Gasteiger partial charge in [-0.1, -0.05) is 47.0 Å². The maximum Gasteiger partial charge on any atom is 0.230 e. The molecule has 0 atom stereocenters. The minimum Gasteiger partial charge on any atom is -0.457 e. The number of thioether (sulfide) groups is 4. The Hall–Kier alpha value is -4.80. The standard InChI is InChI=1S/C56H64O16S4/c1-29(61)73-21-45-49-37-17-38-34(10-6-14-58)40-19-42-36(12-8-16-60)44-20-43-35(11-7-15-59)41-18-39(33(37)9-5-13-57)51(67-25-65-49)46(22-74-30(2)62)53(41)69-27-71-55(43)48(24-76-32(4)64)56(44)72-28-70-54(42)47(23-75-31(3)63)52(40)68-26-66-50(38)45/h17-20,33-36,57-60H,5-16,21-28H2,1-4H3. The smallest absolute Gasteiger partial charge is 0.230 e. The van der Waals surface area contributed by atoms with Crippen molar-refractivity contribution in [3.63, 3.8) is 0 Å². The van der Waals surface area contributed by atoms with Gasteiger partial charge in [0.25, 0.3) is 0 Å². The fourth-order valence-electron chi connectivity index (χ4n) is 11.3. The number of carbonyl (C=O) groups is 4. The van der Waals surface area contributed by atoms with E-state index in [0.29, 0.717) is 120 Å². The Balaban J connectivity index is 1.52. The van der Waals surface area contributed by atoms with E-state index in [0.717, 1.165) is 91.6 Å². The summed E-state index contributed by atoms with van der Waals surface area (Å²) in [5.41, 5.74) is 8.31. The number of ether oxygens (including phenoxy) is 8. The van der Waals surface area contributed by atoms with Gasteiger partial charge < -0.3 is 58.3 Å². The Bertz CT molecular complexity index is 2370. The molecule has 0 aromatic heterocycles. The van der Waals surface area contributed by atoms with Gasteiger partial charge >= 0.3 is 0 Å². The Kier molecular flexibility index (Phi) is 18.6. The molecule has 5 aliphatic rings. The molecule has 0 saturated carbocycles. The van der Waals surface area contributed by atoms with Crippen LogP contribution < -0.4 is 37.9 Å². The van der Waals surface area contributed by atoms with Crippen LogP contribution in [0, 0.1) is 0 Å². The van der Waals surface area contributed by atoms with Crippen LogP contribution in [0.1, 0.15) is 169 Å². The van der Waals surface area contributed by atoms with Gasteiger partial charge in [0, 0.05) is 168 Å². The molecule has 4 aromatic carbocycles. The van der Waals surface area contributed by atoms with E-state index in [9.17, 15) is 39.6 Å². The van der Waals surface area contributed by atoms with Gasteiger partial charge in [-0.2, -0.15) is 0 Å². The van der Waals surface area contributed by atoms with Crippen molar-refractivity contribution in [1.82, 2.24) is 0 Å². The minimum atomic E-state index is -0.557. The second kappa shape index (κ2) is 25.3. The van der Waals surface area contributed by atoms with Crippen molar-refractivity contribution in [2.75, 3.05) is 53.6 Å². The first-order valence-corrected chi connectivity index (χ1v) is 29.6. The van der Waals surface area contributed by atoms with Crippen LogP contribution in [0.25, 0.3) is 0 Å². The lowest BCUT2D eigenvalue weighted by Crippen LogP contribution is -2.25. The molecule has 0 unspecified atom stereocenters. The topological polar surface area (TPSA) is 223 Å². The predicted octanol–water partition coefficient (Wildman–Crippen LogP) is 9.65. The fraction of sp³-hybridized carbons (Fsp3) is 0.500. The SMILES string of the molecule is CC(=O)SCc1c2c3cc4c1OCOc1c(cc5c(c1CSC(C)=O)OCOc1c(cc6c(c1CSC(C)=O)OCOc1c(cc(c(c1CSC(C)=O)OCO2)C3CCCO)C6CCCO)C5CCCO)C4CCCO. The molecule has 0 spiro atoms. The van der Waals surface area contributed by atoms with Gasteiger partial charge in [0.2, 0.25) is 27.2 Å². The van der Waals surface area contributed by atoms with Crippen LogP contribution in [0.3, 0.4) is 0 Å². The van der Waals surface area contributed by atoms with Crippen LogP contribution in [-0.4, -0.2) is 94.5 Å². The number of rotatable bonds is 20. The molecular formula is C56H64O16S4. The van der Waals surface area contributed by atoms with Crippen molar-refractivity contribution in [3.05, 3.63) is 91.0 Å². The van der Waals surface area contributed by atoms with Crippen molar-refractivity contribution in [2.45, 2.75) is 126 Å². The first-order valence-electron chi connectivity index (χ1n) is 25.7. The third kappa shape index (κ3) is 11.5. The van der Waals surface area contributed by atoms with Gasteiger partial charge in [0.05, 0.1) is 0 Å². The van der Waals surface area contributed by atoms with E-state index in [1.807, 2.05) is 0 Å². The van der Waals surface area contributed by atoms with E-state index in [2.05, 4.69) is 24.3 Å². The maximum atomic E-state index is 13.0. The average molecular weight is 1120 g/mol. The highest BCUT2D eigenvalue weighted by molar-refractivity contribution is 8.13. The first-order chi connectivity index (χ1) is 36.9. The summed E-state index contributed by atoms with van der Waals surface area (Å²) < 4.78 is 54.2. The minimum absolute atomic E-state index is 0.132. The number of hydrogen-bond acceptors (Lipinski definition) is 20. The number of aliphatic hydroxyl groups excluding tert-OH is 4. The van der Waals surface area contributed by atoms with Crippen molar-refractivity contribution < 1.29 is 77.5 Å². The summed E-state index contributed by atoms with van der Waals surface area (Å²) in [6.45, 7) is 4.28. The van der Waals surface area contributed by atoms with Gasteiger partial charge in [0.15, 0.2) is 20.5 Å². The lowest BCUT2D eigenvalue weighted by atomic mass is 9.74. The fourth-order valence-corrected chi connectivity index (χ4v) is 13.8. The molecule has 4 N–H and O–H groups in total. The van der Waals surface area contributed by atoms with E-state index in [-0.39, 0.29) is 97.1 Å². The molecule has 0 amide bonds. The summed E-state index contributed by atoms with van der Waals surface area (Å²) in [5.74, 6) is 1.92. The van der Waals surface area contributed by atoms with E-state index >= 15 is 0 Å². The monoisotopic (exact) mass is 1120 g/mol. The van der Waals surface area contributed by atoms with E-state index in [1.165, 1.54) is 27.7 Å². The largest absolute Gasteiger partial charge is 0.457 e. The molecule has 16 nitrogen and oxygen atoms in total. The zero-order valence-corrected chi connectivity index (χ0v) is 46.3. The second-order valence-electron chi connectivity index (χ2n) is 19.2. The van der Waals surface area contributed by atoms with Gasteiger partial charge in [-0.25, -0.2) is 0 Å². The van der Waals surface area contributed by atoms with Crippen LogP contribution in [-0.2, 0) is 42.2 Å². The number of carbonyl (C=O) groups excluding carboxylic acids is 4. The van der Waals surface area contributed by atoms with Crippen LogP contribution in [0.4, 0.5) is 0 Å². The molecule has 9 rings (SSSR count). The van der Waals surface area contributed by atoms with E-state index in [1.54, 1.807) is 0 Å². The van der Waals surface area contributed by atoms with Crippen molar-refractivity contribution in [3.8, 4) is 46.0 Å². The summed E-state index contributed by atoms with van der Waals surface area (Å²) in [5, 5.41) is 42.2. The molecule has 0 fully saturated rings. The van der Waals surface area contributed by atoms with Gasteiger partial charge in [0.1, 0.15) is 46.0 Å². The third-order valence-corrected chi connectivity index (χ3v) is 17.8. The number of hydrogen-bond donors (Lipinski definition) is 4. The van der Waals surface area contributed by atoms with Gasteiger partial charge in [-0.05, 0) is 75.6 Å². The lowest BCUT2D eigenvalue weighted by Gasteiger charge is -2.37. The maximum absolute atomic E-state index is 13.0. The van der Waals surface area contributed by atoms with Crippen molar-refractivity contribution >= 4 is 67.5 Å². The normalized spacial score (nSPS) is 18.3. The van der Waals surface area contributed by atoms with Gasteiger partial charge in [-0.3, -0.25) is 19.2 Å². The Morgan fingerprint density at radius 3 is 0.671 bits per heavy atom. The zero-order chi connectivity index (χ0) is 53.6. The summed E-state index contributed by atoms with van der Waals surface area (Å²) in [4.78, 5) is 52.0. The third-order valence-electron chi connectivity index (χ3n) is 14.4. The molecule has 76 heavy (non-hydrogen) atoms. The highest BCUT2D eigenvalue weighted by Gasteiger charge is 2.42. The lowest BCUT2D eigenvalue weighted by molar-refractivity contribution is -0.109. The molecule has 8 bridgehead atoms. The summed E-state index contributed by atoms with van der Waals surface area (Å²) in [6, 6.07) is 8.36. The number of benzene rings is 4. The summed E-state index contributed by atoms with van der Waals surface area (Å²) in [6.07, 6.45) is 3.00. The molecule has 4 aromatic rings. The molecule has 4 heterocycles. The molecule has 0 radical (unpaired) electrons. The van der Waals surface area contributed by atoms with Crippen LogP contribution in [0.2, 0.25) is 0 Å². The molecule has 20 heteroatoms. The Morgan fingerprint density at radius 2 is 0.526 bits per heavy atom. The molecule has 1 aliphatic carbocycles. The van der Waals surface area contributed by atoms with E-state index < -0.39 is 23.7 Å². The Labute approximate surface area is 458 Å². The summed E-state index contributed by atoms with van der Waals surface area (Å²) >= 11 is 4.40. The van der Waals surface area contributed by atoms with Crippen LogP contribution in [0.5, 0.6) is 46.0 Å². The molecular weight excluding hydrogens is 1060 g/mol. The van der Waals surface area contributed by atoms with E-state index in [4.69, 9.17) is 37.9 Å². The highest BCUT2D eigenvalue weighted by atomic mass is 32.2. The molecule has 408 valence electrons. The second-order valence-corrected chi connectivity index (χ2v) is 23.8. The highest BCUT2D eigenvalue weighted by Crippen LogP contribution is 2.59. The quantitative estimate of drug-likeness (QED) is 0.0646. The molecule has 0 saturated heterocycles. The number of aliphatic hydroxyl groups is 4. The average Bonchev–Trinajstić information content (AvgIpc) is 3.37. The van der Waals surface area contributed by atoms with Gasteiger partial charge in [-0.15, -0.1) is 0 Å². The first kappa shape index (κ1) is 55.9. The predicted molar refractivity (Wildman–Crippen MR) is 291 cm³/mol. The molecule has 4 aliphatic heterocycles. The Morgan fingerprint density at radius 1 is 0.355 bits per heavy atom.